The Morgan fingerprint density at radius 3 is 2.43 bits per heavy atom. The van der Waals surface area contributed by atoms with Crippen molar-refractivity contribution in [3.05, 3.63) is 58.7 Å². The summed E-state index contributed by atoms with van der Waals surface area (Å²) in [5.41, 5.74) is 4.28. The van der Waals surface area contributed by atoms with Crippen molar-refractivity contribution in [2.24, 2.45) is 0 Å². The lowest BCUT2D eigenvalue weighted by Crippen LogP contribution is -2.47. The molecular weight excluding hydrogens is 352 g/mol. The number of hydrogen-bond donors (Lipinski definition) is 1. The predicted octanol–water partition coefficient (Wildman–Crippen LogP) is 3.75. The number of rotatable bonds is 6. The third kappa shape index (κ3) is 3.99. The minimum Gasteiger partial charge on any atom is -0.493 e. The summed E-state index contributed by atoms with van der Waals surface area (Å²) in [5.74, 6) is 1.43. The van der Waals surface area contributed by atoms with E-state index in [1.165, 1.54) is 11.1 Å². The van der Waals surface area contributed by atoms with Crippen LogP contribution in [0.1, 0.15) is 46.9 Å². The van der Waals surface area contributed by atoms with Crippen LogP contribution in [0.25, 0.3) is 0 Å². The highest BCUT2D eigenvalue weighted by atomic mass is 16.5. The first-order chi connectivity index (χ1) is 13.5. The summed E-state index contributed by atoms with van der Waals surface area (Å²) in [5, 5.41) is 3.20. The number of nitrogens with one attached hydrogen (secondary N) is 1. The molecule has 0 bridgehead atoms. The Morgan fingerprint density at radius 1 is 1.18 bits per heavy atom. The van der Waals surface area contributed by atoms with Crippen molar-refractivity contribution in [2.75, 3.05) is 27.3 Å². The number of hydrogen-bond acceptors (Lipinski definition) is 4. The first-order valence-corrected chi connectivity index (χ1v) is 9.84. The number of likely N-dealkylation sites (N-methyl/N-ethyl adjacent to an activating group) is 1. The normalized spacial score (nSPS) is 17.5. The van der Waals surface area contributed by atoms with Gasteiger partial charge in [0.15, 0.2) is 11.5 Å². The molecule has 0 aromatic heterocycles. The molecule has 5 heteroatoms. The van der Waals surface area contributed by atoms with Crippen LogP contribution in [0.4, 0.5) is 0 Å². The minimum atomic E-state index is -0.0501. The second-order valence-corrected chi connectivity index (χ2v) is 7.36. The molecule has 0 spiro atoms. The number of aryl methyl sites for hydroxylation is 1. The molecule has 0 saturated heterocycles. The molecule has 0 unspecified atom stereocenters. The molecule has 1 N–H and O–H groups in total. The quantitative estimate of drug-likeness (QED) is 0.827. The van der Waals surface area contributed by atoms with Crippen molar-refractivity contribution in [2.45, 2.75) is 39.3 Å². The number of carbonyl (C=O) groups is 1. The van der Waals surface area contributed by atoms with Gasteiger partial charge in [0.25, 0.3) is 5.91 Å². The SMILES string of the molecule is CCN1CCc2cc(OC)c(OC)cc2[C@H]1[C@@H](C)NC(=O)c1ccc(C)cc1. The van der Waals surface area contributed by atoms with E-state index >= 15 is 0 Å². The zero-order valence-electron chi connectivity index (χ0n) is 17.4. The van der Waals surface area contributed by atoms with E-state index in [1.54, 1.807) is 14.2 Å². The summed E-state index contributed by atoms with van der Waals surface area (Å²) in [6.07, 6.45) is 0.957. The maximum Gasteiger partial charge on any atom is 0.251 e. The number of benzene rings is 2. The molecule has 0 fully saturated rings. The first kappa shape index (κ1) is 20.2. The number of fused-ring (bicyclic) bond motifs is 1. The van der Waals surface area contributed by atoms with Gasteiger partial charge in [0, 0.05) is 18.2 Å². The topological polar surface area (TPSA) is 50.8 Å². The molecule has 1 amide bonds. The molecule has 0 radical (unpaired) electrons. The predicted molar refractivity (Wildman–Crippen MR) is 111 cm³/mol. The van der Waals surface area contributed by atoms with Gasteiger partial charge in [-0.2, -0.15) is 0 Å². The Bertz CT molecular complexity index is 832. The number of nitrogens with zero attached hydrogens (tertiary/aromatic N) is 1. The molecule has 0 saturated carbocycles. The third-order valence-electron chi connectivity index (χ3n) is 5.58. The fraction of sp³-hybridized carbons (Fsp3) is 0.435. The van der Waals surface area contributed by atoms with Gasteiger partial charge in [-0.3, -0.25) is 9.69 Å². The van der Waals surface area contributed by atoms with Crippen LogP contribution in [0, 0.1) is 6.92 Å². The van der Waals surface area contributed by atoms with Crippen LogP contribution in [0.15, 0.2) is 36.4 Å². The largest absolute Gasteiger partial charge is 0.493 e. The molecule has 1 heterocycles. The second kappa shape index (κ2) is 8.65. The maximum absolute atomic E-state index is 12.8. The number of carbonyl (C=O) groups excluding carboxylic acids is 1. The summed E-state index contributed by atoms with van der Waals surface area (Å²) in [4.78, 5) is 15.2. The van der Waals surface area contributed by atoms with Gasteiger partial charge >= 0.3 is 0 Å². The Hall–Kier alpha value is -2.53. The van der Waals surface area contributed by atoms with E-state index < -0.39 is 0 Å². The van der Waals surface area contributed by atoms with E-state index in [4.69, 9.17) is 9.47 Å². The molecule has 28 heavy (non-hydrogen) atoms. The van der Waals surface area contributed by atoms with Crippen molar-refractivity contribution >= 4 is 5.91 Å². The zero-order chi connectivity index (χ0) is 20.3. The molecule has 3 rings (SSSR count). The van der Waals surface area contributed by atoms with Gasteiger partial charge < -0.3 is 14.8 Å². The summed E-state index contributed by atoms with van der Waals surface area (Å²) in [6.45, 7) is 8.13. The molecule has 1 aliphatic rings. The van der Waals surface area contributed by atoms with E-state index in [0.29, 0.717) is 5.56 Å². The van der Waals surface area contributed by atoms with Gasteiger partial charge in [-0.1, -0.05) is 24.6 Å². The zero-order valence-corrected chi connectivity index (χ0v) is 17.4. The van der Waals surface area contributed by atoms with Crippen LogP contribution in [-0.4, -0.2) is 44.2 Å². The van der Waals surface area contributed by atoms with E-state index in [1.807, 2.05) is 31.2 Å². The van der Waals surface area contributed by atoms with Crippen molar-refractivity contribution in [3.63, 3.8) is 0 Å². The van der Waals surface area contributed by atoms with Crippen molar-refractivity contribution in [3.8, 4) is 11.5 Å². The van der Waals surface area contributed by atoms with Gasteiger partial charge in [0.2, 0.25) is 0 Å². The van der Waals surface area contributed by atoms with Gasteiger partial charge in [0.05, 0.1) is 20.3 Å². The highest BCUT2D eigenvalue weighted by molar-refractivity contribution is 5.94. The van der Waals surface area contributed by atoms with Gasteiger partial charge in [-0.25, -0.2) is 0 Å². The fourth-order valence-electron chi connectivity index (χ4n) is 4.04. The monoisotopic (exact) mass is 382 g/mol. The fourth-order valence-corrected chi connectivity index (χ4v) is 4.04. The van der Waals surface area contributed by atoms with Gasteiger partial charge in [-0.15, -0.1) is 0 Å². The lowest BCUT2D eigenvalue weighted by atomic mass is 9.88. The van der Waals surface area contributed by atoms with Crippen LogP contribution in [0.2, 0.25) is 0 Å². The van der Waals surface area contributed by atoms with Crippen molar-refractivity contribution in [1.82, 2.24) is 10.2 Å². The minimum absolute atomic E-state index is 0.0452. The van der Waals surface area contributed by atoms with Crippen LogP contribution >= 0.6 is 0 Å². The molecular formula is C23H30N2O3. The number of amides is 1. The average molecular weight is 383 g/mol. The third-order valence-corrected chi connectivity index (χ3v) is 5.58. The number of methoxy groups -OCH3 is 2. The van der Waals surface area contributed by atoms with Gasteiger partial charge in [0.1, 0.15) is 0 Å². The molecule has 2 aromatic carbocycles. The molecule has 5 nitrogen and oxygen atoms in total. The van der Waals surface area contributed by atoms with Crippen LogP contribution in [-0.2, 0) is 6.42 Å². The first-order valence-electron chi connectivity index (χ1n) is 9.84. The van der Waals surface area contributed by atoms with E-state index in [0.717, 1.165) is 36.6 Å². The summed E-state index contributed by atoms with van der Waals surface area (Å²) < 4.78 is 11.0. The Balaban J connectivity index is 1.90. The van der Waals surface area contributed by atoms with E-state index in [9.17, 15) is 4.79 Å². The molecule has 0 aliphatic carbocycles. The number of ether oxygens (including phenoxy) is 2. The Labute approximate surface area is 167 Å². The lowest BCUT2D eigenvalue weighted by molar-refractivity contribution is 0.0889. The van der Waals surface area contributed by atoms with Gasteiger partial charge in [-0.05, 0) is 62.2 Å². The van der Waals surface area contributed by atoms with Crippen molar-refractivity contribution < 1.29 is 14.3 Å². The molecule has 150 valence electrons. The molecule has 1 aliphatic heterocycles. The maximum atomic E-state index is 12.8. The summed E-state index contributed by atoms with van der Waals surface area (Å²) >= 11 is 0. The summed E-state index contributed by atoms with van der Waals surface area (Å²) in [7, 11) is 3.32. The van der Waals surface area contributed by atoms with Crippen molar-refractivity contribution in [1.29, 1.82) is 0 Å². The van der Waals surface area contributed by atoms with Crippen LogP contribution in [0.3, 0.4) is 0 Å². The standard InChI is InChI=1S/C23H30N2O3/c1-6-25-12-11-18-13-20(27-4)21(28-5)14-19(18)22(25)16(3)24-23(26)17-9-7-15(2)8-10-17/h7-10,13-14,16,22H,6,11-12H2,1-5H3,(H,24,26)/t16-,22-/m1/s1. The smallest absolute Gasteiger partial charge is 0.251 e. The summed E-state index contributed by atoms with van der Waals surface area (Å²) in [6, 6.07) is 11.8. The highest BCUT2D eigenvalue weighted by Gasteiger charge is 2.33. The Morgan fingerprint density at radius 2 is 1.82 bits per heavy atom. The van der Waals surface area contributed by atoms with Crippen LogP contribution in [0.5, 0.6) is 11.5 Å². The molecule has 2 aromatic rings. The second-order valence-electron chi connectivity index (χ2n) is 7.36. The Kier molecular flexibility index (Phi) is 6.25. The highest BCUT2D eigenvalue weighted by Crippen LogP contribution is 2.39. The van der Waals surface area contributed by atoms with Crippen LogP contribution < -0.4 is 14.8 Å². The van der Waals surface area contributed by atoms with E-state index in [-0.39, 0.29) is 18.0 Å². The lowest BCUT2D eigenvalue weighted by Gasteiger charge is -2.40. The molecule has 2 atom stereocenters. The van der Waals surface area contributed by atoms with E-state index in [2.05, 4.69) is 36.2 Å². The average Bonchev–Trinajstić information content (AvgIpc) is 2.71.